The molecule has 4 rings (SSSR count). The van der Waals surface area contributed by atoms with Gasteiger partial charge in [-0.2, -0.15) is 20.2 Å². The number of anilines is 4. The quantitative estimate of drug-likeness (QED) is 0.279. The van der Waals surface area contributed by atoms with Crippen molar-refractivity contribution < 1.29 is 0 Å². The maximum absolute atomic E-state index is 4.49. The summed E-state index contributed by atoms with van der Waals surface area (Å²) in [6.45, 7) is 0. The fraction of sp³-hybridized carbons (Fsp3) is 0. The topological polar surface area (TPSA) is 86.6 Å². The second-order valence-electron chi connectivity index (χ2n) is 6.51. The van der Waals surface area contributed by atoms with Gasteiger partial charge in [-0.3, -0.25) is 5.43 Å². The minimum Gasteiger partial charge on any atom is -0.340 e. The van der Waals surface area contributed by atoms with E-state index in [0.717, 1.165) is 16.8 Å². The lowest BCUT2D eigenvalue weighted by Gasteiger charge is -2.09. The predicted octanol–water partition coefficient (Wildman–Crippen LogP) is 5.11. The van der Waals surface area contributed by atoms with Crippen molar-refractivity contribution in [2.24, 2.45) is 10.2 Å². The van der Waals surface area contributed by atoms with Crippen LogP contribution in [0.25, 0.3) is 0 Å². The third-order valence-corrected chi connectivity index (χ3v) is 4.14. The highest BCUT2D eigenvalue weighted by molar-refractivity contribution is 5.80. The van der Waals surface area contributed by atoms with E-state index in [-0.39, 0.29) is 0 Å². The van der Waals surface area contributed by atoms with Crippen LogP contribution in [0.2, 0.25) is 0 Å². The monoisotopic (exact) mass is 407 g/mol. The van der Waals surface area contributed by atoms with Gasteiger partial charge in [0.05, 0.1) is 12.4 Å². The number of hydrogen-bond donors (Lipinski definition) is 3. The second kappa shape index (κ2) is 10.3. The van der Waals surface area contributed by atoms with Crippen molar-refractivity contribution in [2.45, 2.75) is 0 Å². The molecule has 31 heavy (non-hydrogen) atoms. The molecule has 0 saturated heterocycles. The van der Waals surface area contributed by atoms with Crippen LogP contribution in [0.4, 0.5) is 23.3 Å². The van der Waals surface area contributed by atoms with Gasteiger partial charge in [-0.25, -0.2) is 5.43 Å². The van der Waals surface area contributed by atoms with E-state index in [0.29, 0.717) is 17.6 Å². The van der Waals surface area contributed by atoms with Crippen LogP contribution in [0, 0.1) is 0 Å². The van der Waals surface area contributed by atoms with Crippen LogP contribution in [-0.2, 0) is 0 Å². The maximum atomic E-state index is 4.49. The van der Waals surface area contributed by atoms with Crippen LogP contribution in [0.1, 0.15) is 11.1 Å². The van der Waals surface area contributed by atoms with Crippen LogP contribution in [0.3, 0.4) is 0 Å². The maximum Gasteiger partial charge on any atom is 0.247 e. The van der Waals surface area contributed by atoms with Gasteiger partial charge in [0, 0.05) is 11.8 Å². The van der Waals surface area contributed by atoms with Crippen molar-refractivity contribution in [1.29, 1.82) is 0 Å². The van der Waals surface area contributed by atoms with Crippen LogP contribution in [-0.4, -0.2) is 22.4 Å². The Labute approximate surface area is 180 Å². The van der Waals surface area contributed by atoms with Crippen molar-refractivity contribution in [3.63, 3.8) is 0 Å². The third kappa shape index (κ3) is 6.23. The zero-order valence-electron chi connectivity index (χ0n) is 16.7. The molecular weight excluding hydrogens is 386 g/mol. The lowest BCUT2D eigenvalue weighted by Crippen LogP contribution is -2.04. The van der Waals surface area contributed by atoms with Crippen molar-refractivity contribution in [2.75, 3.05) is 16.2 Å². The van der Waals surface area contributed by atoms with E-state index in [2.05, 4.69) is 36.3 Å². The Morgan fingerprint density at radius 3 is 1.71 bits per heavy atom. The first-order valence-electron chi connectivity index (χ1n) is 9.74. The van der Waals surface area contributed by atoms with E-state index in [1.165, 1.54) is 0 Å². The molecule has 7 heteroatoms. The highest BCUT2D eigenvalue weighted by atomic mass is 15.4. The Kier molecular flexibility index (Phi) is 6.58. The molecule has 0 unspecified atom stereocenters. The summed E-state index contributed by atoms with van der Waals surface area (Å²) >= 11 is 0. The number of nitrogens with zero attached hydrogens (tertiary/aromatic N) is 4. The number of para-hydroxylation sites is 1. The smallest absolute Gasteiger partial charge is 0.247 e. The van der Waals surface area contributed by atoms with Crippen molar-refractivity contribution in [3.8, 4) is 0 Å². The average molecular weight is 407 g/mol. The molecule has 0 bridgehead atoms. The normalized spacial score (nSPS) is 11.0. The first-order chi connectivity index (χ1) is 15.3. The molecule has 0 atom stereocenters. The molecule has 0 amide bonds. The summed E-state index contributed by atoms with van der Waals surface area (Å²) in [4.78, 5) is 8.92. The molecule has 3 N–H and O–H groups in total. The highest BCUT2D eigenvalue weighted by Crippen LogP contribution is 2.19. The van der Waals surface area contributed by atoms with E-state index >= 15 is 0 Å². The third-order valence-electron chi connectivity index (χ3n) is 4.14. The number of benzene rings is 3. The summed E-state index contributed by atoms with van der Waals surface area (Å²) in [5.41, 5.74) is 8.71. The number of aromatic nitrogens is 2. The molecule has 0 aliphatic rings. The molecule has 0 fully saturated rings. The van der Waals surface area contributed by atoms with E-state index < -0.39 is 0 Å². The molecule has 0 aliphatic carbocycles. The molecule has 7 nitrogen and oxygen atoms in total. The van der Waals surface area contributed by atoms with Crippen LogP contribution >= 0.6 is 0 Å². The van der Waals surface area contributed by atoms with E-state index in [1.807, 2.05) is 91.0 Å². The number of rotatable bonds is 8. The van der Waals surface area contributed by atoms with Crippen molar-refractivity contribution in [1.82, 2.24) is 9.97 Å². The summed E-state index contributed by atoms with van der Waals surface area (Å²) < 4.78 is 0. The summed E-state index contributed by atoms with van der Waals surface area (Å²) in [5, 5.41) is 11.8. The number of nitrogens with one attached hydrogen (secondary N) is 3. The van der Waals surface area contributed by atoms with Gasteiger partial charge in [-0.15, -0.1) is 0 Å². The fourth-order valence-electron chi connectivity index (χ4n) is 2.70. The van der Waals surface area contributed by atoms with Gasteiger partial charge in [0.1, 0.15) is 5.82 Å². The molecule has 0 spiro atoms. The second-order valence-corrected chi connectivity index (χ2v) is 6.51. The van der Waals surface area contributed by atoms with Crippen LogP contribution in [0.15, 0.2) is 107 Å². The lowest BCUT2D eigenvalue weighted by molar-refractivity contribution is 1.10. The molecule has 0 aliphatic heterocycles. The molecule has 152 valence electrons. The van der Waals surface area contributed by atoms with Gasteiger partial charge in [0.2, 0.25) is 5.95 Å². The lowest BCUT2D eigenvalue weighted by atomic mass is 10.2. The van der Waals surface area contributed by atoms with Gasteiger partial charge < -0.3 is 5.32 Å². The first-order valence-corrected chi connectivity index (χ1v) is 9.74. The molecule has 0 radical (unpaired) electrons. The molecule has 3 aromatic carbocycles. The Balaban J connectivity index is 1.52. The van der Waals surface area contributed by atoms with E-state index in [9.17, 15) is 0 Å². The Hall–Kier alpha value is -4.52. The van der Waals surface area contributed by atoms with Crippen LogP contribution in [0.5, 0.6) is 0 Å². The Morgan fingerprint density at radius 2 is 1.10 bits per heavy atom. The standard InChI is InChI=1S/C24H21N7/c1-4-10-19(11-5-1)17-25-30-23-16-22(27-21-14-8-3-9-15-21)28-24(29-23)31-26-18-20-12-6-2-7-13-20/h1-18H,(H3,27,28,29,30,31). The molecule has 1 heterocycles. The number of hydrazone groups is 2. The van der Waals surface area contributed by atoms with Gasteiger partial charge in [-0.1, -0.05) is 78.9 Å². The Morgan fingerprint density at radius 1 is 0.581 bits per heavy atom. The minimum atomic E-state index is 0.338. The fourth-order valence-corrected chi connectivity index (χ4v) is 2.70. The predicted molar refractivity (Wildman–Crippen MR) is 127 cm³/mol. The SMILES string of the molecule is C(=NNc1cc(Nc2ccccc2)nc(NN=Cc2ccccc2)n1)c1ccccc1. The van der Waals surface area contributed by atoms with E-state index in [1.54, 1.807) is 18.5 Å². The molecular formula is C24H21N7. The van der Waals surface area contributed by atoms with Gasteiger partial charge in [0.15, 0.2) is 5.82 Å². The summed E-state index contributed by atoms with van der Waals surface area (Å²) in [6.07, 6.45) is 3.44. The van der Waals surface area contributed by atoms with Crippen molar-refractivity contribution in [3.05, 3.63) is 108 Å². The average Bonchev–Trinajstić information content (AvgIpc) is 2.81. The minimum absolute atomic E-state index is 0.338. The highest BCUT2D eigenvalue weighted by Gasteiger charge is 2.04. The summed E-state index contributed by atoms with van der Waals surface area (Å²) in [7, 11) is 0. The zero-order chi connectivity index (χ0) is 21.1. The zero-order valence-corrected chi connectivity index (χ0v) is 16.7. The van der Waals surface area contributed by atoms with Crippen molar-refractivity contribution >= 4 is 35.7 Å². The number of hydrogen-bond acceptors (Lipinski definition) is 7. The largest absolute Gasteiger partial charge is 0.340 e. The van der Waals surface area contributed by atoms with E-state index in [4.69, 9.17) is 0 Å². The molecule has 1 aromatic heterocycles. The summed E-state index contributed by atoms with van der Waals surface area (Å²) in [6, 6.07) is 31.2. The van der Waals surface area contributed by atoms with Gasteiger partial charge in [0.25, 0.3) is 0 Å². The van der Waals surface area contributed by atoms with Gasteiger partial charge >= 0.3 is 0 Å². The Bertz CT molecular complexity index is 1070. The summed E-state index contributed by atoms with van der Waals surface area (Å²) in [5.74, 6) is 1.47. The van der Waals surface area contributed by atoms with Crippen LogP contribution < -0.4 is 16.2 Å². The first kappa shape index (κ1) is 19.8. The van der Waals surface area contributed by atoms with Gasteiger partial charge in [-0.05, 0) is 23.3 Å². The molecule has 4 aromatic rings. The molecule has 0 saturated carbocycles.